The molecule has 5 nitrogen and oxygen atoms in total. The van der Waals surface area contributed by atoms with Crippen molar-refractivity contribution in [2.75, 3.05) is 19.7 Å². The number of aromatic nitrogens is 1. The Morgan fingerprint density at radius 2 is 2.50 bits per heavy atom. The van der Waals surface area contributed by atoms with Crippen LogP contribution in [0.25, 0.3) is 0 Å². The second-order valence-electron chi connectivity index (χ2n) is 3.43. The van der Waals surface area contributed by atoms with Crippen LogP contribution in [0.15, 0.2) is 12.3 Å². The smallest absolute Gasteiger partial charge is 0.356 e. The molecular formula is C10H11ClN2O3. The molecule has 1 aliphatic rings. The lowest BCUT2D eigenvalue weighted by Crippen LogP contribution is -2.33. The van der Waals surface area contributed by atoms with Crippen LogP contribution in [0.4, 0.5) is 0 Å². The molecule has 0 saturated carbocycles. The van der Waals surface area contributed by atoms with Gasteiger partial charge in [-0.15, -0.1) is 0 Å². The summed E-state index contributed by atoms with van der Waals surface area (Å²) in [6.45, 7) is 2.01. The lowest BCUT2D eigenvalue weighted by Gasteiger charge is -2.24. The third kappa shape index (κ3) is 2.16. The molecule has 2 N–H and O–H groups in total. The summed E-state index contributed by atoms with van der Waals surface area (Å²) in [5.74, 6) is -1.13. The quantitative estimate of drug-likeness (QED) is 0.813. The van der Waals surface area contributed by atoms with Crippen molar-refractivity contribution in [3.05, 3.63) is 28.5 Å². The average molecular weight is 243 g/mol. The van der Waals surface area contributed by atoms with Crippen molar-refractivity contribution in [2.24, 2.45) is 0 Å². The van der Waals surface area contributed by atoms with Crippen LogP contribution in [0.3, 0.4) is 0 Å². The van der Waals surface area contributed by atoms with Crippen molar-refractivity contribution in [3.8, 4) is 0 Å². The van der Waals surface area contributed by atoms with Crippen molar-refractivity contribution in [1.29, 1.82) is 0 Å². The molecule has 2 rings (SSSR count). The molecule has 1 unspecified atom stereocenters. The van der Waals surface area contributed by atoms with Crippen LogP contribution in [0.5, 0.6) is 0 Å². The average Bonchev–Trinajstić information content (AvgIpc) is 2.30. The monoisotopic (exact) mass is 242 g/mol. The number of ether oxygens (including phenoxy) is 1. The van der Waals surface area contributed by atoms with E-state index in [1.165, 1.54) is 6.20 Å². The van der Waals surface area contributed by atoms with Gasteiger partial charge in [-0.1, -0.05) is 11.6 Å². The van der Waals surface area contributed by atoms with Gasteiger partial charge in [0.15, 0.2) is 5.69 Å². The minimum absolute atomic E-state index is 0.131. The molecule has 1 saturated heterocycles. The molecule has 1 fully saturated rings. The SMILES string of the molecule is O=C(O)c1nccc(C2CNCCO2)c1Cl. The molecule has 6 heteroatoms. The summed E-state index contributed by atoms with van der Waals surface area (Å²) in [4.78, 5) is 14.6. The van der Waals surface area contributed by atoms with Gasteiger partial charge < -0.3 is 15.2 Å². The van der Waals surface area contributed by atoms with Gasteiger partial charge in [-0.25, -0.2) is 9.78 Å². The molecule has 2 heterocycles. The number of halogens is 1. The first-order chi connectivity index (χ1) is 7.70. The standard InChI is InChI=1S/C10H11ClN2O3/c11-8-6(7-5-12-3-4-16-7)1-2-13-9(8)10(14)15/h1-2,7,12H,3-5H2,(H,14,15). The molecule has 86 valence electrons. The summed E-state index contributed by atoms with van der Waals surface area (Å²) < 4.78 is 5.51. The molecular weight excluding hydrogens is 232 g/mol. The zero-order chi connectivity index (χ0) is 11.5. The van der Waals surface area contributed by atoms with Gasteiger partial charge in [-0.05, 0) is 6.07 Å². The van der Waals surface area contributed by atoms with E-state index in [1.807, 2.05) is 0 Å². The molecule has 1 aromatic heterocycles. The topological polar surface area (TPSA) is 71.5 Å². The minimum atomic E-state index is -1.13. The predicted octanol–water partition coefficient (Wildman–Crippen LogP) is 1.09. The van der Waals surface area contributed by atoms with E-state index in [-0.39, 0.29) is 16.8 Å². The first-order valence-corrected chi connectivity index (χ1v) is 5.28. The van der Waals surface area contributed by atoms with Crippen LogP contribution < -0.4 is 5.32 Å². The van der Waals surface area contributed by atoms with E-state index in [1.54, 1.807) is 6.07 Å². The van der Waals surface area contributed by atoms with E-state index in [0.29, 0.717) is 18.7 Å². The van der Waals surface area contributed by atoms with E-state index in [9.17, 15) is 4.79 Å². The fourth-order valence-electron chi connectivity index (χ4n) is 1.62. The molecule has 1 aliphatic heterocycles. The minimum Gasteiger partial charge on any atom is -0.476 e. The molecule has 1 atom stereocenters. The number of nitrogens with one attached hydrogen (secondary N) is 1. The van der Waals surface area contributed by atoms with Gasteiger partial charge >= 0.3 is 5.97 Å². The zero-order valence-corrected chi connectivity index (χ0v) is 9.20. The van der Waals surface area contributed by atoms with Crippen LogP contribution in [0, 0.1) is 0 Å². The number of aromatic carboxylic acids is 1. The third-order valence-electron chi connectivity index (χ3n) is 2.40. The van der Waals surface area contributed by atoms with Gasteiger partial charge in [-0.3, -0.25) is 0 Å². The lowest BCUT2D eigenvalue weighted by atomic mass is 10.1. The molecule has 16 heavy (non-hydrogen) atoms. The molecule has 0 bridgehead atoms. The second kappa shape index (κ2) is 4.78. The molecule has 1 aromatic rings. The van der Waals surface area contributed by atoms with E-state index >= 15 is 0 Å². The summed E-state index contributed by atoms with van der Waals surface area (Å²) in [5.41, 5.74) is 0.537. The Bertz CT molecular complexity index is 405. The van der Waals surface area contributed by atoms with Crippen LogP contribution >= 0.6 is 11.6 Å². The number of pyridine rings is 1. The highest BCUT2D eigenvalue weighted by atomic mass is 35.5. The van der Waals surface area contributed by atoms with E-state index in [2.05, 4.69) is 10.3 Å². The van der Waals surface area contributed by atoms with Gasteiger partial charge in [0.25, 0.3) is 0 Å². The van der Waals surface area contributed by atoms with E-state index in [0.717, 1.165) is 6.54 Å². The van der Waals surface area contributed by atoms with Crippen molar-refractivity contribution in [1.82, 2.24) is 10.3 Å². The first kappa shape index (κ1) is 11.3. The van der Waals surface area contributed by atoms with Gasteiger partial charge in [0, 0.05) is 24.8 Å². The van der Waals surface area contributed by atoms with Crippen molar-refractivity contribution < 1.29 is 14.6 Å². The fraction of sp³-hybridized carbons (Fsp3) is 0.400. The maximum atomic E-state index is 10.9. The Morgan fingerprint density at radius 3 is 3.12 bits per heavy atom. The van der Waals surface area contributed by atoms with Gasteiger partial charge in [-0.2, -0.15) is 0 Å². The highest BCUT2D eigenvalue weighted by molar-refractivity contribution is 6.34. The number of carboxylic acid groups (broad SMARTS) is 1. The maximum Gasteiger partial charge on any atom is 0.356 e. The van der Waals surface area contributed by atoms with Gasteiger partial charge in [0.1, 0.15) is 0 Å². The number of hydrogen-bond donors (Lipinski definition) is 2. The van der Waals surface area contributed by atoms with E-state index < -0.39 is 5.97 Å². The largest absolute Gasteiger partial charge is 0.476 e. The summed E-state index contributed by atoms with van der Waals surface area (Å²) in [7, 11) is 0. The zero-order valence-electron chi connectivity index (χ0n) is 8.44. The van der Waals surface area contributed by atoms with Crippen LogP contribution in [-0.2, 0) is 4.74 Å². The van der Waals surface area contributed by atoms with Crippen LogP contribution in [-0.4, -0.2) is 35.8 Å². The predicted molar refractivity (Wildman–Crippen MR) is 57.8 cm³/mol. The van der Waals surface area contributed by atoms with Gasteiger partial charge in [0.05, 0.1) is 17.7 Å². The summed E-state index contributed by atoms with van der Waals surface area (Å²) >= 11 is 5.99. The Hall–Kier alpha value is -1.17. The van der Waals surface area contributed by atoms with Gasteiger partial charge in [0.2, 0.25) is 0 Å². The number of morpholine rings is 1. The molecule has 0 radical (unpaired) electrons. The van der Waals surface area contributed by atoms with Crippen molar-refractivity contribution >= 4 is 17.6 Å². The Balaban J connectivity index is 2.33. The third-order valence-corrected chi connectivity index (χ3v) is 2.79. The van der Waals surface area contributed by atoms with Crippen molar-refractivity contribution in [2.45, 2.75) is 6.10 Å². The van der Waals surface area contributed by atoms with Crippen molar-refractivity contribution in [3.63, 3.8) is 0 Å². The number of carboxylic acids is 1. The Morgan fingerprint density at radius 1 is 1.69 bits per heavy atom. The normalized spacial score (nSPS) is 20.7. The highest BCUT2D eigenvalue weighted by Gasteiger charge is 2.22. The molecule has 0 aromatic carbocycles. The van der Waals surface area contributed by atoms with Crippen LogP contribution in [0.2, 0.25) is 5.02 Å². The number of rotatable bonds is 2. The summed E-state index contributed by atoms with van der Waals surface area (Å²) in [6.07, 6.45) is 1.23. The van der Waals surface area contributed by atoms with Crippen LogP contribution in [0.1, 0.15) is 22.2 Å². The number of nitrogens with zero attached hydrogens (tertiary/aromatic N) is 1. The first-order valence-electron chi connectivity index (χ1n) is 4.90. The Labute approximate surface area is 97.4 Å². The van der Waals surface area contributed by atoms with E-state index in [4.69, 9.17) is 21.4 Å². The summed E-state index contributed by atoms with van der Waals surface area (Å²) in [5, 5.41) is 12.2. The fourth-order valence-corrected chi connectivity index (χ4v) is 1.94. The second-order valence-corrected chi connectivity index (χ2v) is 3.81. The Kier molecular flexibility index (Phi) is 3.38. The lowest BCUT2D eigenvalue weighted by molar-refractivity contribution is 0.0276. The summed E-state index contributed by atoms with van der Waals surface area (Å²) in [6, 6.07) is 1.69. The molecule has 0 aliphatic carbocycles. The molecule has 0 amide bonds. The maximum absolute atomic E-state index is 10.9. The number of carbonyl (C=O) groups is 1. The highest BCUT2D eigenvalue weighted by Crippen LogP contribution is 2.28. The molecule has 0 spiro atoms. The number of hydrogen-bond acceptors (Lipinski definition) is 4.